The highest BCUT2D eigenvalue weighted by Gasteiger charge is 2.14. The molecule has 0 aliphatic heterocycles. The Labute approximate surface area is 115 Å². The van der Waals surface area contributed by atoms with Crippen molar-refractivity contribution in [3.05, 3.63) is 40.5 Å². The summed E-state index contributed by atoms with van der Waals surface area (Å²) in [5.41, 5.74) is 0.775. The molecule has 0 atom stereocenters. The lowest BCUT2D eigenvalue weighted by Gasteiger charge is -2.00. The van der Waals surface area contributed by atoms with Crippen molar-refractivity contribution in [3.63, 3.8) is 0 Å². The number of hydrogen-bond donors (Lipinski definition) is 1. The van der Waals surface area contributed by atoms with Crippen molar-refractivity contribution in [1.29, 1.82) is 0 Å². The molecule has 0 bridgehead atoms. The second-order valence-corrected chi connectivity index (χ2v) is 4.48. The van der Waals surface area contributed by atoms with Crippen molar-refractivity contribution in [2.45, 2.75) is 20.8 Å². The number of rotatable bonds is 2. The third kappa shape index (κ3) is 2.66. The number of benzene rings is 1. The van der Waals surface area contributed by atoms with Crippen LogP contribution in [0.25, 0.3) is 23.2 Å². The number of halogens is 2. The van der Waals surface area contributed by atoms with Gasteiger partial charge in [0.05, 0.1) is 22.5 Å². The third-order valence-electron chi connectivity index (χ3n) is 2.76. The van der Waals surface area contributed by atoms with Gasteiger partial charge < -0.3 is 4.98 Å². The Morgan fingerprint density at radius 1 is 1.25 bits per heavy atom. The molecule has 3 nitrogen and oxygen atoms in total. The first-order valence-corrected chi connectivity index (χ1v) is 6.20. The predicted octanol–water partition coefficient (Wildman–Crippen LogP) is 2.37. The van der Waals surface area contributed by atoms with Crippen LogP contribution in [-0.2, 0) is 0 Å². The molecule has 0 saturated heterocycles. The van der Waals surface area contributed by atoms with E-state index in [9.17, 15) is 8.78 Å². The van der Waals surface area contributed by atoms with Gasteiger partial charge in [-0.2, -0.15) is 0 Å². The van der Waals surface area contributed by atoms with Gasteiger partial charge in [-0.1, -0.05) is 6.07 Å². The van der Waals surface area contributed by atoms with Crippen molar-refractivity contribution in [3.8, 4) is 11.4 Å². The summed E-state index contributed by atoms with van der Waals surface area (Å²) in [5.74, 6) is -1.14. The summed E-state index contributed by atoms with van der Waals surface area (Å²) in [4.78, 5) is 11.2. The monoisotopic (exact) mass is 275 g/mol. The van der Waals surface area contributed by atoms with Crippen molar-refractivity contribution < 1.29 is 8.78 Å². The summed E-state index contributed by atoms with van der Waals surface area (Å²) in [6, 6.07) is 3.73. The molecule has 0 amide bonds. The Hall–Kier alpha value is -2.30. The minimum Gasteiger partial charge on any atom is -0.337 e. The normalized spacial score (nSPS) is 12.3. The second-order valence-electron chi connectivity index (χ2n) is 4.48. The summed E-state index contributed by atoms with van der Waals surface area (Å²) in [7, 11) is 0. The minimum atomic E-state index is -0.649. The molecule has 0 aliphatic carbocycles. The summed E-state index contributed by atoms with van der Waals surface area (Å²) in [5, 5.41) is 1.27. The van der Waals surface area contributed by atoms with Crippen LogP contribution < -0.4 is 10.7 Å². The molecule has 20 heavy (non-hydrogen) atoms. The maximum Gasteiger partial charge on any atom is 0.144 e. The van der Waals surface area contributed by atoms with Crippen LogP contribution in [0.4, 0.5) is 8.78 Å². The number of nitrogens with one attached hydrogen (secondary N) is 1. The van der Waals surface area contributed by atoms with Crippen molar-refractivity contribution in [1.82, 2.24) is 9.97 Å². The van der Waals surface area contributed by atoms with Gasteiger partial charge in [-0.3, -0.25) is 4.99 Å². The molecule has 1 aromatic carbocycles. The fraction of sp³-hybridized carbons (Fsp3) is 0.200. The molecule has 0 saturated carbocycles. The first-order valence-electron chi connectivity index (χ1n) is 6.20. The number of aromatic amines is 1. The zero-order valence-corrected chi connectivity index (χ0v) is 11.5. The standard InChI is InChI=1S/C15H15F2N3/c1-4-18-8-12-14(9(2)3)20-15(19-12)13-10(16)6-5-7-11(13)17/h4-8H,1-3H3,(H,19,20)/b12-8+,18-4?. The van der Waals surface area contributed by atoms with Gasteiger partial charge in [0.1, 0.15) is 17.5 Å². The van der Waals surface area contributed by atoms with E-state index in [1.165, 1.54) is 18.2 Å². The summed E-state index contributed by atoms with van der Waals surface area (Å²) >= 11 is 0. The van der Waals surface area contributed by atoms with E-state index in [0.717, 1.165) is 5.57 Å². The highest BCUT2D eigenvalue weighted by Crippen LogP contribution is 2.20. The molecular weight excluding hydrogens is 260 g/mol. The molecule has 0 aliphatic rings. The third-order valence-corrected chi connectivity index (χ3v) is 2.76. The Morgan fingerprint density at radius 3 is 2.45 bits per heavy atom. The van der Waals surface area contributed by atoms with E-state index in [2.05, 4.69) is 15.0 Å². The van der Waals surface area contributed by atoms with Gasteiger partial charge in [0.2, 0.25) is 0 Å². The van der Waals surface area contributed by atoms with Crippen LogP contribution in [0.1, 0.15) is 20.8 Å². The maximum absolute atomic E-state index is 13.8. The fourth-order valence-corrected chi connectivity index (χ4v) is 1.85. The molecule has 2 aromatic rings. The smallest absolute Gasteiger partial charge is 0.144 e. The van der Waals surface area contributed by atoms with E-state index in [0.29, 0.717) is 10.7 Å². The number of aliphatic imine (C=N–C) groups is 1. The van der Waals surface area contributed by atoms with Crippen LogP contribution in [-0.4, -0.2) is 16.2 Å². The van der Waals surface area contributed by atoms with Gasteiger partial charge in [0, 0.05) is 6.21 Å². The van der Waals surface area contributed by atoms with E-state index in [1.807, 2.05) is 13.8 Å². The molecule has 1 N–H and O–H groups in total. The topological polar surface area (TPSA) is 41.0 Å². The van der Waals surface area contributed by atoms with Crippen LogP contribution in [0.2, 0.25) is 0 Å². The SMILES string of the molecule is CC=N/C=c1/[nH]c(-c2c(F)cccc2F)nc1=C(C)C. The van der Waals surface area contributed by atoms with Crippen LogP contribution in [0.5, 0.6) is 0 Å². The quantitative estimate of drug-likeness (QED) is 0.840. The molecule has 0 fully saturated rings. The molecule has 5 heteroatoms. The summed E-state index contributed by atoms with van der Waals surface area (Å²) in [6.07, 6.45) is 3.20. The van der Waals surface area contributed by atoms with Gasteiger partial charge >= 0.3 is 0 Å². The van der Waals surface area contributed by atoms with E-state index in [4.69, 9.17) is 0 Å². The van der Waals surface area contributed by atoms with Crippen molar-refractivity contribution in [2.24, 2.45) is 4.99 Å². The zero-order valence-electron chi connectivity index (χ0n) is 11.5. The largest absolute Gasteiger partial charge is 0.337 e. The van der Waals surface area contributed by atoms with E-state index in [1.54, 1.807) is 19.3 Å². The van der Waals surface area contributed by atoms with Crippen LogP contribution in [0.3, 0.4) is 0 Å². The zero-order chi connectivity index (χ0) is 14.7. The molecule has 1 aromatic heterocycles. The Balaban J connectivity index is 2.76. The van der Waals surface area contributed by atoms with Crippen molar-refractivity contribution in [2.75, 3.05) is 0 Å². The average Bonchev–Trinajstić information content (AvgIpc) is 2.80. The molecule has 104 valence electrons. The molecular formula is C15H15F2N3. The van der Waals surface area contributed by atoms with E-state index >= 15 is 0 Å². The predicted molar refractivity (Wildman–Crippen MR) is 76.6 cm³/mol. The number of nitrogens with zero attached hydrogens (tertiary/aromatic N) is 2. The van der Waals surface area contributed by atoms with E-state index < -0.39 is 11.6 Å². The van der Waals surface area contributed by atoms with Crippen LogP contribution in [0, 0.1) is 11.6 Å². The van der Waals surface area contributed by atoms with Gasteiger partial charge in [0.25, 0.3) is 0 Å². The Morgan fingerprint density at radius 2 is 1.90 bits per heavy atom. The number of hydrogen-bond acceptors (Lipinski definition) is 2. The van der Waals surface area contributed by atoms with Gasteiger partial charge in [-0.15, -0.1) is 0 Å². The number of aromatic nitrogens is 2. The molecule has 0 spiro atoms. The summed E-state index contributed by atoms with van der Waals surface area (Å²) in [6.45, 7) is 5.54. The fourth-order valence-electron chi connectivity index (χ4n) is 1.85. The van der Waals surface area contributed by atoms with Gasteiger partial charge in [0.15, 0.2) is 0 Å². The number of H-pyrrole nitrogens is 1. The Bertz CT molecular complexity index is 749. The lowest BCUT2D eigenvalue weighted by molar-refractivity contribution is 0.588. The van der Waals surface area contributed by atoms with Crippen LogP contribution in [0.15, 0.2) is 23.2 Å². The highest BCUT2D eigenvalue weighted by atomic mass is 19.1. The lowest BCUT2D eigenvalue weighted by Crippen LogP contribution is -2.25. The molecule has 2 rings (SSSR count). The lowest BCUT2D eigenvalue weighted by atomic mass is 10.2. The second kappa shape index (κ2) is 5.77. The molecule has 0 unspecified atom stereocenters. The van der Waals surface area contributed by atoms with Gasteiger partial charge in [-0.05, 0) is 38.5 Å². The number of imidazole rings is 1. The Kier molecular flexibility index (Phi) is 4.08. The summed E-state index contributed by atoms with van der Waals surface area (Å²) < 4.78 is 27.6. The minimum absolute atomic E-state index is 0.157. The van der Waals surface area contributed by atoms with Crippen LogP contribution >= 0.6 is 0 Å². The molecule has 0 radical (unpaired) electrons. The molecule has 1 heterocycles. The highest BCUT2D eigenvalue weighted by molar-refractivity contribution is 5.60. The average molecular weight is 275 g/mol. The van der Waals surface area contributed by atoms with E-state index in [-0.39, 0.29) is 11.4 Å². The first-order chi connectivity index (χ1) is 9.54. The van der Waals surface area contributed by atoms with Crippen molar-refractivity contribution >= 4 is 18.0 Å². The maximum atomic E-state index is 13.8. The van der Waals surface area contributed by atoms with Gasteiger partial charge in [-0.25, -0.2) is 13.8 Å². The first kappa shape index (κ1) is 14.1.